The molecule has 128 valence electrons. The van der Waals surface area contributed by atoms with E-state index in [1.807, 2.05) is 5.32 Å². The zero-order valence-corrected chi connectivity index (χ0v) is 12.3. The van der Waals surface area contributed by atoms with Crippen molar-refractivity contribution in [2.24, 2.45) is 0 Å². The van der Waals surface area contributed by atoms with Gasteiger partial charge in [0.1, 0.15) is 5.82 Å². The highest BCUT2D eigenvalue weighted by Crippen LogP contribution is 2.32. The van der Waals surface area contributed by atoms with Gasteiger partial charge >= 0.3 is 18.2 Å². The van der Waals surface area contributed by atoms with E-state index < -0.39 is 24.2 Å². The molecule has 1 atom stereocenters. The number of ether oxygens (including phenoxy) is 1. The summed E-state index contributed by atoms with van der Waals surface area (Å²) in [6, 6.07) is 2.66. The van der Waals surface area contributed by atoms with Gasteiger partial charge in [-0.1, -0.05) is 12.1 Å². The number of urea groups is 1. The summed E-state index contributed by atoms with van der Waals surface area (Å²) in [6.45, 7) is 0. The standard InChI is InChI=1S/C14H13F3N4O3/c1-24-12(22)9-4-2-8(3-5-9)11(14(15,16)17)20-13(23)19-10-6-7-18-21-10/h2-7,11H,1H3,(H3,18,19,20,21,23)/t11-/m1/s1. The molecule has 0 fully saturated rings. The lowest BCUT2D eigenvalue weighted by Crippen LogP contribution is -2.40. The van der Waals surface area contributed by atoms with E-state index in [1.165, 1.54) is 24.4 Å². The van der Waals surface area contributed by atoms with Crippen LogP contribution in [0.5, 0.6) is 0 Å². The van der Waals surface area contributed by atoms with Crippen LogP contribution in [-0.2, 0) is 4.74 Å². The SMILES string of the molecule is COC(=O)c1ccc([C@@H](NC(=O)Nc2ccn[nH]2)C(F)(F)F)cc1. The summed E-state index contributed by atoms with van der Waals surface area (Å²) in [5, 5.41) is 9.98. The molecule has 0 unspecified atom stereocenters. The monoisotopic (exact) mass is 342 g/mol. The van der Waals surface area contributed by atoms with E-state index in [-0.39, 0.29) is 16.9 Å². The molecular formula is C14H13F3N4O3. The number of carbonyl (C=O) groups excluding carboxylic acids is 2. The first-order valence-electron chi connectivity index (χ1n) is 6.63. The smallest absolute Gasteiger partial charge is 0.412 e. The van der Waals surface area contributed by atoms with Crippen molar-refractivity contribution in [1.82, 2.24) is 15.5 Å². The number of H-pyrrole nitrogens is 1. The predicted octanol–water partition coefficient (Wildman–Crippen LogP) is 2.62. The van der Waals surface area contributed by atoms with Gasteiger partial charge in [-0.25, -0.2) is 9.59 Å². The minimum Gasteiger partial charge on any atom is -0.465 e. The number of hydrogen-bond donors (Lipinski definition) is 3. The van der Waals surface area contributed by atoms with Gasteiger partial charge in [-0.05, 0) is 17.7 Å². The fourth-order valence-corrected chi connectivity index (χ4v) is 1.90. The van der Waals surface area contributed by atoms with Crippen molar-refractivity contribution in [1.29, 1.82) is 0 Å². The molecule has 0 aliphatic rings. The van der Waals surface area contributed by atoms with Gasteiger partial charge in [0.2, 0.25) is 0 Å². The van der Waals surface area contributed by atoms with Crippen LogP contribution < -0.4 is 10.6 Å². The molecule has 0 spiro atoms. The van der Waals surface area contributed by atoms with Crippen molar-refractivity contribution < 1.29 is 27.5 Å². The molecule has 7 nitrogen and oxygen atoms in total. The highest BCUT2D eigenvalue weighted by Gasteiger charge is 2.42. The van der Waals surface area contributed by atoms with Crippen LogP contribution in [-0.4, -0.2) is 35.5 Å². The van der Waals surface area contributed by atoms with Crippen LogP contribution in [0.15, 0.2) is 36.5 Å². The van der Waals surface area contributed by atoms with Gasteiger partial charge in [-0.2, -0.15) is 18.3 Å². The largest absolute Gasteiger partial charge is 0.465 e. The van der Waals surface area contributed by atoms with E-state index in [4.69, 9.17) is 0 Å². The van der Waals surface area contributed by atoms with Crippen molar-refractivity contribution >= 4 is 17.8 Å². The van der Waals surface area contributed by atoms with Crippen LogP contribution >= 0.6 is 0 Å². The highest BCUT2D eigenvalue weighted by atomic mass is 19.4. The van der Waals surface area contributed by atoms with Crippen molar-refractivity contribution in [2.45, 2.75) is 12.2 Å². The fraction of sp³-hybridized carbons (Fsp3) is 0.214. The zero-order valence-electron chi connectivity index (χ0n) is 12.3. The van der Waals surface area contributed by atoms with Crippen molar-refractivity contribution in [3.8, 4) is 0 Å². The topological polar surface area (TPSA) is 96.1 Å². The van der Waals surface area contributed by atoms with Crippen molar-refractivity contribution in [2.75, 3.05) is 12.4 Å². The Morgan fingerprint density at radius 2 is 1.88 bits per heavy atom. The van der Waals surface area contributed by atoms with E-state index in [0.29, 0.717) is 0 Å². The maximum atomic E-state index is 13.2. The molecule has 1 aromatic carbocycles. The second kappa shape index (κ2) is 7.02. The molecule has 0 saturated heterocycles. The highest BCUT2D eigenvalue weighted by molar-refractivity contribution is 5.89. The second-order valence-electron chi connectivity index (χ2n) is 4.66. The van der Waals surface area contributed by atoms with Crippen LogP contribution in [0.2, 0.25) is 0 Å². The maximum Gasteiger partial charge on any atom is 0.412 e. The summed E-state index contributed by atoms with van der Waals surface area (Å²) < 4.78 is 44.1. The number of methoxy groups -OCH3 is 1. The molecule has 0 radical (unpaired) electrons. The van der Waals surface area contributed by atoms with Gasteiger partial charge in [0.05, 0.1) is 18.9 Å². The van der Waals surface area contributed by atoms with Gasteiger partial charge in [0.15, 0.2) is 6.04 Å². The second-order valence-corrected chi connectivity index (χ2v) is 4.66. The third-order valence-electron chi connectivity index (χ3n) is 3.02. The fourth-order valence-electron chi connectivity index (χ4n) is 1.90. The number of nitrogens with zero attached hydrogens (tertiary/aromatic N) is 1. The van der Waals surface area contributed by atoms with Gasteiger partial charge in [-0.3, -0.25) is 10.4 Å². The van der Waals surface area contributed by atoms with E-state index in [2.05, 4.69) is 20.3 Å². The first-order chi connectivity index (χ1) is 11.3. The molecule has 2 rings (SSSR count). The summed E-state index contributed by atoms with van der Waals surface area (Å²) in [4.78, 5) is 23.0. The van der Waals surface area contributed by atoms with Crippen LogP contribution in [0, 0.1) is 0 Å². The number of halogens is 3. The average Bonchev–Trinajstić information content (AvgIpc) is 3.04. The van der Waals surface area contributed by atoms with E-state index in [0.717, 1.165) is 19.2 Å². The van der Waals surface area contributed by atoms with Crippen LogP contribution in [0.3, 0.4) is 0 Å². The van der Waals surface area contributed by atoms with E-state index >= 15 is 0 Å². The lowest BCUT2D eigenvalue weighted by Gasteiger charge is -2.22. The number of amides is 2. The van der Waals surface area contributed by atoms with Crippen LogP contribution in [0.25, 0.3) is 0 Å². The Bertz CT molecular complexity index is 699. The molecule has 0 aliphatic heterocycles. The van der Waals surface area contributed by atoms with E-state index in [9.17, 15) is 22.8 Å². The molecule has 24 heavy (non-hydrogen) atoms. The van der Waals surface area contributed by atoms with Crippen molar-refractivity contribution in [3.05, 3.63) is 47.7 Å². The minimum absolute atomic E-state index is 0.101. The summed E-state index contributed by atoms with van der Waals surface area (Å²) in [5.74, 6) is -0.524. The number of esters is 1. The molecule has 1 heterocycles. The molecule has 0 aliphatic carbocycles. The number of aromatic amines is 1. The maximum absolute atomic E-state index is 13.2. The molecule has 1 aromatic heterocycles. The normalized spacial score (nSPS) is 12.3. The summed E-state index contributed by atoms with van der Waals surface area (Å²) in [6.07, 6.45) is -3.39. The van der Waals surface area contributed by atoms with Gasteiger partial charge < -0.3 is 10.1 Å². The van der Waals surface area contributed by atoms with Crippen molar-refractivity contribution in [3.63, 3.8) is 0 Å². The lowest BCUT2D eigenvalue weighted by molar-refractivity contribution is -0.154. The van der Waals surface area contributed by atoms with Gasteiger partial charge in [-0.15, -0.1) is 0 Å². The third-order valence-corrected chi connectivity index (χ3v) is 3.02. The average molecular weight is 342 g/mol. The molecule has 0 bridgehead atoms. The Kier molecular flexibility index (Phi) is 5.07. The molecule has 3 N–H and O–H groups in total. The Morgan fingerprint density at radius 3 is 2.38 bits per heavy atom. The number of nitrogens with one attached hydrogen (secondary N) is 3. The lowest BCUT2D eigenvalue weighted by atomic mass is 10.0. The molecule has 0 saturated carbocycles. The zero-order chi connectivity index (χ0) is 17.7. The third kappa shape index (κ3) is 4.24. The van der Waals surface area contributed by atoms with E-state index in [1.54, 1.807) is 0 Å². The predicted molar refractivity (Wildman–Crippen MR) is 77.3 cm³/mol. The Morgan fingerprint density at radius 1 is 1.21 bits per heavy atom. The number of benzene rings is 1. The first-order valence-corrected chi connectivity index (χ1v) is 6.63. The van der Waals surface area contributed by atoms with Gasteiger partial charge in [0.25, 0.3) is 0 Å². The quantitative estimate of drug-likeness (QED) is 0.744. The first kappa shape index (κ1) is 17.3. The molecule has 2 aromatic rings. The van der Waals surface area contributed by atoms with Crippen LogP contribution in [0.1, 0.15) is 22.0 Å². The molecule has 2 amide bonds. The summed E-state index contributed by atoms with van der Waals surface area (Å²) in [5.41, 5.74) is -0.126. The number of rotatable bonds is 4. The Balaban J connectivity index is 2.16. The number of anilines is 1. The summed E-state index contributed by atoms with van der Waals surface area (Å²) >= 11 is 0. The molecule has 10 heteroatoms. The number of aromatic nitrogens is 2. The summed E-state index contributed by atoms with van der Waals surface area (Å²) in [7, 11) is 1.16. The van der Waals surface area contributed by atoms with Gasteiger partial charge in [0, 0.05) is 6.07 Å². The molecular weight excluding hydrogens is 329 g/mol. The Labute approximate surface area is 134 Å². The Hall–Kier alpha value is -3.04. The number of carbonyl (C=O) groups is 2. The minimum atomic E-state index is -4.72. The van der Waals surface area contributed by atoms with Crippen LogP contribution in [0.4, 0.5) is 23.8 Å². The number of hydrogen-bond acceptors (Lipinski definition) is 4. The number of alkyl halides is 3.